The summed E-state index contributed by atoms with van der Waals surface area (Å²) in [7, 11) is 0. The van der Waals surface area contributed by atoms with Gasteiger partial charge < -0.3 is 10.3 Å². The number of ketones is 1. The van der Waals surface area contributed by atoms with Crippen LogP contribution in [0.2, 0.25) is 10.0 Å². The van der Waals surface area contributed by atoms with Crippen LogP contribution in [0.5, 0.6) is 0 Å². The highest BCUT2D eigenvalue weighted by atomic mass is 35.5. The predicted octanol–water partition coefficient (Wildman–Crippen LogP) is 3.66. The highest BCUT2D eigenvalue weighted by Crippen LogP contribution is 2.26. The number of amides is 1. The van der Waals surface area contributed by atoms with Gasteiger partial charge in [-0.3, -0.25) is 9.59 Å². The lowest BCUT2D eigenvalue weighted by molar-refractivity contribution is -0.114. The van der Waals surface area contributed by atoms with Gasteiger partial charge in [0.1, 0.15) is 0 Å². The Morgan fingerprint density at radius 2 is 1.83 bits per heavy atom. The summed E-state index contributed by atoms with van der Waals surface area (Å²) in [6, 6.07) is 12.6. The quantitative estimate of drug-likeness (QED) is 0.578. The first-order valence-corrected chi connectivity index (χ1v) is 7.59. The van der Waals surface area contributed by atoms with Crippen molar-refractivity contribution in [2.24, 2.45) is 5.73 Å². The molecule has 0 aliphatic rings. The summed E-state index contributed by atoms with van der Waals surface area (Å²) in [6.07, 6.45) is 1.63. The van der Waals surface area contributed by atoms with Crippen LogP contribution in [-0.2, 0) is 11.3 Å². The van der Waals surface area contributed by atoms with E-state index in [0.717, 1.165) is 11.1 Å². The fourth-order valence-electron chi connectivity index (χ4n) is 2.52. The highest BCUT2D eigenvalue weighted by Gasteiger charge is 2.19. The van der Waals surface area contributed by atoms with E-state index in [-0.39, 0.29) is 5.56 Å². The molecule has 0 bridgehead atoms. The lowest BCUT2D eigenvalue weighted by Crippen LogP contribution is -2.22. The predicted molar refractivity (Wildman–Crippen MR) is 91.0 cm³/mol. The molecule has 23 heavy (non-hydrogen) atoms. The highest BCUT2D eigenvalue weighted by molar-refractivity contribution is 6.44. The zero-order valence-electron chi connectivity index (χ0n) is 11.9. The normalized spacial score (nSPS) is 10.9. The molecule has 3 rings (SSSR count). The second-order valence-corrected chi connectivity index (χ2v) is 5.96. The summed E-state index contributed by atoms with van der Waals surface area (Å²) in [6.45, 7) is 0.447. The molecule has 0 aliphatic carbocycles. The van der Waals surface area contributed by atoms with Gasteiger partial charge in [0.25, 0.3) is 11.7 Å². The Labute approximate surface area is 142 Å². The lowest BCUT2D eigenvalue weighted by atomic mass is 10.1. The third-order valence-corrected chi connectivity index (χ3v) is 4.20. The van der Waals surface area contributed by atoms with Gasteiger partial charge in [-0.15, -0.1) is 0 Å². The van der Waals surface area contributed by atoms with Gasteiger partial charge in [0.15, 0.2) is 0 Å². The summed E-state index contributed by atoms with van der Waals surface area (Å²) < 4.78 is 1.86. The number of benzene rings is 2. The molecular weight excluding hydrogens is 335 g/mol. The fraction of sp³-hybridized carbons (Fsp3) is 0.0588. The van der Waals surface area contributed by atoms with Crippen molar-refractivity contribution in [3.8, 4) is 0 Å². The van der Waals surface area contributed by atoms with Crippen LogP contribution < -0.4 is 5.73 Å². The Morgan fingerprint density at radius 1 is 1.09 bits per heavy atom. The Balaban J connectivity index is 2.11. The number of carbonyl (C=O) groups is 2. The number of fused-ring (bicyclic) bond motifs is 1. The molecule has 0 fully saturated rings. The zero-order chi connectivity index (χ0) is 16.6. The van der Waals surface area contributed by atoms with Gasteiger partial charge in [-0.2, -0.15) is 0 Å². The minimum absolute atomic E-state index is 0.290. The number of carbonyl (C=O) groups excluding carboxylic acids is 2. The van der Waals surface area contributed by atoms with Crippen molar-refractivity contribution in [3.63, 3.8) is 0 Å². The second kappa shape index (κ2) is 6.07. The maximum absolute atomic E-state index is 12.0. The van der Waals surface area contributed by atoms with Crippen molar-refractivity contribution in [2.45, 2.75) is 6.54 Å². The number of aromatic nitrogens is 1. The van der Waals surface area contributed by atoms with E-state index in [1.54, 1.807) is 30.5 Å². The minimum atomic E-state index is -0.975. The maximum Gasteiger partial charge on any atom is 0.289 e. The first-order valence-electron chi connectivity index (χ1n) is 6.83. The van der Waals surface area contributed by atoms with Gasteiger partial charge in [0, 0.05) is 33.7 Å². The number of hydrogen-bond donors (Lipinski definition) is 1. The van der Waals surface area contributed by atoms with Crippen LogP contribution in [0.1, 0.15) is 15.9 Å². The number of para-hydroxylation sites is 1. The Bertz CT molecular complexity index is 931. The van der Waals surface area contributed by atoms with E-state index in [2.05, 4.69) is 0 Å². The van der Waals surface area contributed by atoms with Crippen molar-refractivity contribution in [1.29, 1.82) is 0 Å². The van der Waals surface area contributed by atoms with E-state index in [1.165, 1.54) is 0 Å². The Hall–Kier alpha value is -2.30. The average Bonchev–Trinajstić information content (AvgIpc) is 2.88. The SMILES string of the molecule is NC(=O)C(=O)c1cn(Cc2ccc(Cl)cc2Cl)c2ccccc12. The molecule has 2 N–H and O–H groups in total. The van der Waals surface area contributed by atoms with E-state index in [9.17, 15) is 9.59 Å². The van der Waals surface area contributed by atoms with E-state index in [0.29, 0.717) is 22.0 Å². The molecule has 1 heterocycles. The summed E-state index contributed by atoms with van der Waals surface area (Å²) in [5.41, 5.74) is 7.10. The smallest absolute Gasteiger partial charge is 0.289 e. The first-order chi connectivity index (χ1) is 11.0. The molecule has 0 spiro atoms. The summed E-state index contributed by atoms with van der Waals surface area (Å²) in [5, 5.41) is 1.78. The van der Waals surface area contributed by atoms with Gasteiger partial charge in [0.05, 0.1) is 5.56 Å². The van der Waals surface area contributed by atoms with E-state index in [1.807, 2.05) is 22.8 Å². The van der Waals surface area contributed by atoms with Gasteiger partial charge in [0.2, 0.25) is 0 Å². The van der Waals surface area contributed by atoms with E-state index >= 15 is 0 Å². The number of rotatable bonds is 4. The van der Waals surface area contributed by atoms with E-state index < -0.39 is 11.7 Å². The van der Waals surface area contributed by atoms with Crippen LogP contribution in [-0.4, -0.2) is 16.3 Å². The zero-order valence-corrected chi connectivity index (χ0v) is 13.4. The third kappa shape index (κ3) is 2.96. The third-order valence-electron chi connectivity index (χ3n) is 3.61. The second-order valence-electron chi connectivity index (χ2n) is 5.12. The number of halogens is 2. The number of primary amides is 1. The number of nitrogens with zero attached hydrogens (tertiary/aromatic N) is 1. The summed E-state index contributed by atoms with van der Waals surface area (Å²) >= 11 is 12.1. The molecule has 3 aromatic rings. The van der Waals surface area contributed by atoms with Gasteiger partial charge in [-0.1, -0.05) is 47.5 Å². The standard InChI is InChI=1S/C17H12Cl2N2O2/c18-11-6-5-10(14(19)7-11)8-21-9-13(16(22)17(20)23)12-3-1-2-4-15(12)21/h1-7,9H,8H2,(H2,20,23). The molecule has 1 aromatic heterocycles. The Morgan fingerprint density at radius 3 is 2.52 bits per heavy atom. The fourth-order valence-corrected chi connectivity index (χ4v) is 2.99. The van der Waals surface area contributed by atoms with Crippen LogP contribution >= 0.6 is 23.2 Å². The Kier molecular flexibility index (Phi) is 4.11. The molecule has 6 heteroatoms. The van der Waals surface area contributed by atoms with Crippen molar-refractivity contribution in [3.05, 3.63) is 69.8 Å². The molecule has 4 nitrogen and oxygen atoms in total. The molecule has 0 unspecified atom stereocenters. The lowest BCUT2D eigenvalue weighted by Gasteiger charge is -2.08. The topological polar surface area (TPSA) is 65.1 Å². The van der Waals surface area contributed by atoms with Crippen LogP contribution in [0.4, 0.5) is 0 Å². The summed E-state index contributed by atoms with van der Waals surface area (Å²) in [4.78, 5) is 23.2. The van der Waals surface area contributed by atoms with Crippen molar-refractivity contribution in [2.75, 3.05) is 0 Å². The molecule has 1 amide bonds. The van der Waals surface area contributed by atoms with Crippen molar-refractivity contribution < 1.29 is 9.59 Å². The van der Waals surface area contributed by atoms with Gasteiger partial charge in [-0.25, -0.2) is 0 Å². The maximum atomic E-state index is 12.0. The van der Waals surface area contributed by atoms with Crippen molar-refractivity contribution in [1.82, 2.24) is 4.57 Å². The van der Waals surface area contributed by atoms with Crippen LogP contribution in [0, 0.1) is 0 Å². The van der Waals surface area contributed by atoms with Crippen LogP contribution in [0.25, 0.3) is 10.9 Å². The molecule has 0 saturated carbocycles. The largest absolute Gasteiger partial charge is 0.363 e. The molecular formula is C17H12Cl2N2O2. The van der Waals surface area contributed by atoms with Crippen LogP contribution in [0.15, 0.2) is 48.7 Å². The molecule has 2 aromatic carbocycles. The minimum Gasteiger partial charge on any atom is -0.363 e. The monoisotopic (exact) mass is 346 g/mol. The first kappa shape index (κ1) is 15.6. The number of Topliss-reactive ketones (excluding diaryl/α,β-unsaturated/α-hetero) is 1. The number of nitrogens with two attached hydrogens (primary N) is 1. The van der Waals surface area contributed by atoms with Crippen LogP contribution in [0.3, 0.4) is 0 Å². The van der Waals surface area contributed by atoms with E-state index in [4.69, 9.17) is 28.9 Å². The molecule has 0 atom stereocenters. The van der Waals surface area contributed by atoms with Gasteiger partial charge >= 0.3 is 0 Å². The molecule has 0 aliphatic heterocycles. The number of hydrogen-bond acceptors (Lipinski definition) is 2. The molecule has 0 radical (unpaired) electrons. The van der Waals surface area contributed by atoms with Gasteiger partial charge in [-0.05, 0) is 23.8 Å². The molecule has 0 saturated heterocycles. The van der Waals surface area contributed by atoms with Crippen molar-refractivity contribution >= 4 is 45.8 Å². The average molecular weight is 347 g/mol. The molecule has 116 valence electrons. The summed E-state index contributed by atoms with van der Waals surface area (Å²) in [5.74, 6) is -1.68.